The summed E-state index contributed by atoms with van der Waals surface area (Å²) in [5, 5.41) is 14.8. The minimum atomic E-state index is -0.465. The van der Waals surface area contributed by atoms with Crippen LogP contribution >= 0.6 is 0 Å². The van der Waals surface area contributed by atoms with Crippen LogP contribution in [0.15, 0.2) is 29.5 Å². The van der Waals surface area contributed by atoms with Gasteiger partial charge in [-0.1, -0.05) is 18.9 Å². The summed E-state index contributed by atoms with van der Waals surface area (Å²) >= 11 is 0. The van der Waals surface area contributed by atoms with Crippen LogP contribution in [0.5, 0.6) is 5.75 Å². The highest BCUT2D eigenvalue weighted by atomic mass is 19.1. The van der Waals surface area contributed by atoms with Gasteiger partial charge in [-0.2, -0.15) is 10.1 Å². The lowest BCUT2D eigenvalue weighted by molar-refractivity contribution is 0.122. The predicted octanol–water partition coefficient (Wildman–Crippen LogP) is 4.46. The molecule has 180 valence electrons. The van der Waals surface area contributed by atoms with Gasteiger partial charge in [0.15, 0.2) is 11.6 Å². The number of rotatable bonds is 5. The number of hydrazone groups is 1. The topological polar surface area (TPSA) is 82.9 Å². The standard InChI is InChI=1S/C26H32FN5O2/c27-22-16-28-25(30-24(22)32-6-8-34-9-7-32)31-29-15-20-12-21(3-4-23(20)33)26-5-1-2-18-10-17(13-26)11-19(18)14-26/h3-4,12,15-19,33H,1-2,5-11,13-14H2,(H,28,30,31)/b29-15-/t17-,18-,19?,26?/m0/s1. The fourth-order valence-electron chi connectivity index (χ4n) is 7.09. The number of morpholine rings is 1. The van der Waals surface area contributed by atoms with E-state index in [1.807, 2.05) is 4.90 Å². The monoisotopic (exact) mass is 465 g/mol. The second-order valence-corrected chi connectivity index (χ2v) is 10.5. The minimum Gasteiger partial charge on any atom is -0.507 e. The zero-order valence-corrected chi connectivity index (χ0v) is 19.4. The van der Waals surface area contributed by atoms with Crippen LogP contribution in [0, 0.1) is 23.6 Å². The van der Waals surface area contributed by atoms with E-state index >= 15 is 0 Å². The molecule has 0 spiro atoms. The maximum atomic E-state index is 14.3. The molecule has 2 unspecified atom stereocenters. The number of fused-ring (bicyclic) bond motifs is 2. The quantitative estimate of drug-likeness (QED) is 0.501. The van der Waals surface area contributed by atoms with E-state index in [0.29, 0.717) is 31.9 Å². The molecule has 4 atom stereocenters. The Hall–Kier alpha value is -2.74. The van der Waals surface area contributed by atoms with E-state index < -0.39 is 5.82 Å². The third kappa shape index (κ3) is 4.02. The maximum absolute atomic E-state index is 14.3. The predicted molar refractivity (Wildman–Crippen MR) is 129 cm³/mol. The molecule has 0 amide bonds. The van der Waals surface area contributed by atoms with Gasteiger partial charge in [0.05, 0.1) is 25.6 Å². The molecule has 4 aliphatic rings. The number of phenolic OH excluding ortho intramolecular Hbond substituents is 1. The summed E-state index contributed by atoms with van der Waals surface area (Å²) in [5.41, 5.74) is 5.04. The van der Waals surface area contributed by atoms with Crippen LogP contribution in [0.25, 0.3) is 0 Å². The number of hydrogen-bond donors (Lipinski definition) is 2. The molecule has 3 aliphatic carbocycles. The lowest BCUT2D eigenvalue weighted by Gasteiger charge is -2.41. The minimum absolute atomic E-state index is 0.199. The van der Waals surface area contributed by atoms with Gasteiger partial charge < -0.3 is 14.7 Å². The molecular weight excluding hydrogens is 433 g/mol. The number of aromatic hydroxyl groups is 1. The van der Waals surface area contributed by atoms with E-state index in [2.05, 4.69) is 32.6 Å². The van der Waals surface area contributed by atoms with Crippen molar-refractivity contribution in [3.8, 4) is 5.75 Å². The number of aromatic nitrogens is 2. The zero-order chi connectivity index (χ0) is 23.1. The van der Waals surface area contributed by atoms with E-state index in [1.54, 1.807) is 12.3 Å². The molecule has 2 N–H and O–H groups in total. The molecule has 4 fully saturated rings. The molecule has 0 radical (unpaired) electrons. The number of nitrogens with one attached hydrogen (secondary N) is 1. The molecule has 2 aromatic rings. The number of nitrogens with zero attached hydrogens (tertiary/aromatic N) is 4. The van der Waals surface area contributed by atoms with Gasteiger partial charge in [0.1, 0.15) is 5.75 Å². The third-order valence-electron chi connectivity index (χ3n) is 8.55. The van der Waals surface area contributed by atoms with Crippen molar-refractivity contribution in [2.75, 3.05) is 36.6 Å². The largest absolute Gasteiger partial charge is 0.507 e. The summed E-state index contributed by atoms with van der Waals surface area (Å²) in [6.07, 6.45) is 12.0. The molecular formula is C26H32FN5O2. The first-order valence-corrected chi connectivity index (χ1v) is 12.6. The Kier molecular flexibility index (Phi) is 5.63. The van der Waals surface area contributed by atoms with Crippen molar-refractivity contribution < 1.29 is 14.2 Å². The smallest absolute Gasteiger partial charge is 0.245 e. The van der Waals surface area contributed by atoms with Gasteiger partial charge in [-0.25, -0.2) is 14.8 Å². The molecule has 1 aromatic carbocycles. The van der Waals surface area contributed by atoms with Crippen molar-refractivity contribution in [3.63, 3.8) is 0 Å². The first-order chi connectivity index (χ1) is 16.6. The van der Waals surface area contributed by atoms with Gasteiger partial charge in [-0.3, -0.25) is 0 Å². The van der Waals surface area contributed by atoms with Crippen molar-refractivity contribution in [2.24, 2.45) is 22.9 Å². The highest BCUT2D eigenvalue weighted by Gasteiger charge is 2.50. The normalized spacial score (nSPS) is 30.6. The first-order valence-electron chi connectivity index (χ1n) is 12.6. The molecule has 1 saturated heterocycles. The van der Waals surface area contributed by atoms with Crippen molar-refractivity contribution in [2.45, 2.75) is 50.4 Å². The molecule has 34 heavy (non-hydrogen) atoms. The Morgan fingerprint density at radius 3 is 2.94 bits per heavy atom. The Labute approximate surface area is 199 Å². The lowest BCUT2D eigenvalue weighted by atomic mass is 9.63. The molecule has 1 aromatic heterocycles. The van der Waals surface area contributed by atoms with E-state index in [0.717, 1.165) is 24.0 Å². The van der Waals surface area contributed by atoms with Crippen LogP contribution in [-0.4, -0.2) is 47.6 Å². The molecule has 3 bridgehead atoms. The highest BCUT2D eigenvalue weighted by molar-refractivity contribution is 5.84. The summed E-state index contributed by atoms with van der Waals surface area (Å²) in [6, 6.07) is 6.02. The number of hydrogen-bond acceptors (Lipinski definition) is 7. The Morgan fingerprint density at radius 1 is 1.21 bits per heavy atom. The van der Waals surface area contributed by atoms with Crippen LogP contribution in [-0.2, 0) is 10.2 Å². The fraction of sp³-hybridized carbons (Fsp3) is 0.577. The molecule has 8 heteroatoms. The zero-order valence-electron chi connectivity index (χ0n) is 19.4. The van der Waals surface area contributed by atoms with Crippen molar-refractivity contribution in [1.82, 2.24) is 9.97 Å². The number of halogens is 1. The summed E-state index contributed by atoms with van der Waals surface area (Å²) < 4.78 is 19.6. The van der Waals surface area contributed by atoms with Crippen LogP contribution in [0.3, 0.4) is 0 Å². The Morgan fingerprint density at radius 2 is 2.06 bits per heavy atom. The van der Waals surface area contributed by atoms with Crippen LogP contribution < -0.4 is 10.3 Å². The van der Waals surface area contributed by atoms with Crippen molar-refractivity contribution in [3.05, 3.63) is 41.3 Å². The van der Waals surface area contributed by atoms with Crippen LogP contribution in [0.2, 0.25) is 0 Å². The summed E-state index contributed by atoms with van der Waals surface area (Å²) in [7, 11) is 0. The molecule has 3 saturated carbocycles. The van der Waals surface area contributed by atoms with Crippen molar-refractivity contribution in [1.29, 1.82) is 0 Å². The maximum Gasteiger partial charge on any atom is 0.245 e. The molecule has 1 aliphatic heterocycles. The average Bonchev–Trinajstić information content (AvgIpc) is 3.07. The number of anilines is 2. The number of ether oxygens (including phenoxy) is 1. The second kappa shape index (κ2) is 8.80. The molecule has 2 heterocycles. The number of phenols is 1. The highest BCUT2D eigenvalue weighted by Crippen LogP contribution is 2.59. The summed E-state index contributed by atoms with van der Waals surface area (Å²) in [6.45, 7) is 2.26. The van der Waals surface area contributed by atoms with Gasteiger partial charge in [0, 0.05) is 18.7 Å². The molecule has 7 nitrogen and oxygen atoms in total. The summed E-state index contributed by atoms with van der Waals surface area (Å²) in [5.74, 6) is 2.84. The Bertz CT molecular complexity index is 1090. The van der Waals surface area contributed by atoms with E-state index in [-0.39, 0.29) is 22.9 Å². The van der Waals surface area contributed by atoms with Crippen LogP contribution in [0.4, 0.5) is 16.2 Å². The van der Waals surface area contributed by atoms with Gasteiger partial charge in [0.2, 0.25) is 5.95 Å². The van der Waals surface area contributed by atoms with Gasteiger partial charge >= 0.3 is 0 Å². The van der Waals surface area contributed by atoms with Crippen molar-refractivity contribution >= 4 is 18.0 Å². The van der Waals surface area contributed by atoms with E-state index in [4.69, 9.17) is 4.74 Å². The third-order valence-corrected chi connectivity index (χ3v) is 8.55. The lowest BCUT2D eigenvalue weighted by Crippen LogP contribution is -2.37. The second-order valence-electron chi connectivity index (χ2n) is 10.5. The summed E-state index contributed by atoms with van der Waals surface area (Å²) in [4.78, 5) is 10.2. The molecule has 6 rings (SSSR count). The average molecular weight is 466 g/mol. The number of benzene rings is 1. The van der Waals surface area contributed by atoms with Gasteiger partial charge in [-0.15, -0.1) is 0 Å². The Balaban J connectivity index is 1.21. The van der Waals surface area contributed by atoms with E-state index in [9.17, 15) is 9.50 Å². The van der Waals surface area contributed by atoms with Gasteiger partial charge in [-0.05, 0) is 73.0 Å². The fourth-order valence-corrected chi connectivity index (χ4v) is 7.09. The van der Waals surface area contributed by atoms with Crippen LogP contribution in [0.1, 0.15) is 56.1 Å². The first kappa shape index (κ1) is 21.8. The SMILES string of the molecule is Oc1ccc(C23CCC[C@H]4C[C@@H](CC4C2)C3)cc1/C=N\Nc1ncc(F)c(N2CCOCC2)n1. The van der Waals surface area contributed by atoms with E-state index in [1.165, 1.54) is 50.5 Å². The van der Waals surface area contributed by atoms with Gasteiger partial charge in [0.25, 0.3) is 0 Å².